The maximum absolute atomic E-state index is 13.3. The van der Waals surface area contributed by atoms with Gasteiger partial charge in [0, 0.05) is 17.6 Å². The third-order valence-corrected chi connectivity index (χ3v) is 4.10. The SMILES string of the molecule is Nc1cc(C(=O)N2Cc3ccccc3C2)c(Br)cc1F. The van der Waals surface area contributed by atoms with Crippen LogP contribution >= 0.6 is 15.9 Å². The Morgan fingerprint density at radius 2 is 1.80 bits per heavy atom. The van der Waals surface area contributed by atoms with Gasteiger partial charge in [0.25, 0.3) is 5.91 Å². The number of halogens is 2. The molecule has 1 amide bonds. The Balaban J connectivity index is 1.90. The van der Waals surface area contributed by atoms with Crippen LogP contribution in [0.1, 0.15) is 21.5 Å². The lowest BCUT2D eigenvalue weighted by Crippen LogP contribution is -2.25. The van der Waals surface area contributed by atoms with Crippen molar-refractivity contribution >= 4 is 27.5 Å². The summed E-state index contributed by atoms with van der Waals surface area (Å²) in [5.74, 6) is -0.682. The lowest BCUT2D eigenvalue weighted by molar-refractivity contribution is 0.0750. The molecule has 1 heterocycles. The van der Waals surface area contributed by atoms with Crippen molar-refractivity contribution in [3.63, 3.8) is 0 Å². The number of nitrogen functional groups attached to an aromatic ring is 1. The molecule has 20 heavy (non-hydrogen) atoms. The van der Waals surface area contributed by atoms with Crippen LogP contribution in [0.5, 0.6) is 0 Å². The largest absolute Gasteiger partial charge is 0.396 e. The maximum atomic E-state index is 13.3. The van der Waals surface area contributed by atoms with Gasteiger partial charge in [-0.2, -0.15) is 0 Å². The quantitative estimate of drug-likeness (QED) is 0.813. The predicted molar refractivity (Wildman–Crippen MR) is 78.5 cm³/mol. The van der Waals surface area contributed by atoms with E-state index in [4.69, 9.17) is 5.73 Å². The smallest absolute Gasteiger partial charge is 0.255 e. The minimum absolute atomic E-state index is 0.0201. The van der Waals surface area contributed by atoms with E-state index < -0.39 is 5.82 Å². The first kappa shape index (κ1) is 13.1. The number of anilines is 1. The van der Waals surface area contributed by atoms with Gasteiger partial charge in [-0.3, -0.25) is 4.79 Å². The molecule has 2 aromatic carbocycles. The number of nitrogens with two attached hydrogens (primary N) is 1. The average Bonchev–Trinajstić information content (AvgIpc) is 2.86. The molecule has 0 spiro atoms. The van der Waals surface area contributed by atoms with Gasteiger partial charge in [-0.1, -0.05) is 24.3 Å². The number of carbonyl (C=O) groups excluding carboxylic acids is 1. The van der Waals surface area contributed by atoms with Gasteiger partial charge in [0.2, 0.25) is 0 Å². The van der Waals surface area contributed by atoms with Crippen LogP contribution in [0.2, 0.25) is 0 Å². The van der Waals surface area contributed by atoms with Crippen molar-refractivity contribution in [1.82, 2.24) is 4.90 Å². The van der Waals surface area contributed by atoms with Crippen LogP contribution in [0.25, 0.3) is 0 Å². The number of amides is 1. The molecule has 5 heteroatoms. The standard InChI is InChI=1S/C15H12BrFN2O/c16-12-6-13(17)14(18)5-11(12)15(20)19-7-9-3-1-2-4-10(9)8-19/h1-6H,7-8,18H2. The van der Waals surface area contributed by atoms with Crippen LogP contribution in [-0.4, -0.2) is 10.8 Å². The Morgan fingerprint density at radius 1 is 1.20 bits per heavy atom. The molecule has 3 rings (SSSR count). The average molecular weight is 335 g/mol. The molecule has 0 fully saturated rings. The lowest BCUT2D eigenvalue weighted by atomic mass is 10.1. The summed E-state index contributed by atoms with van der Waals surface area (Å²) >= 11 is 3.22. The second kappa shape index (κ2) is 4.90. The molecular weight excluding hydrogens is 323 g/mol. The Kier molecular flexibility index (Phi) is 3.22. The summed E-state index contributed by atoms with van der Waals surface area (Å²) in [7, 11) is 0. The molecule has 102 valence electrons. The number of nitrogens with zero attached hydrogens (tertiary/aromatic N) is 1. The third-order valence-electron chi connectivity index (χ3n) is 3.44. The van der Waals surface area contributed by atoms with E-state index in [-0.39, 0.29) is 11.6 Å². The molecule has 0 unspecified atom stereocenters. The fraction of sp³-hybridized carbons (Fsp3) is 0.133. The monoisotopic (exact) mass is 334 g/mol. The fourth-order valence-electron chi connectivity index (χ4n) is 2.38. The van der Waals surface area contributed by atoms with Crippen LogP contribution in [0.4, 0.5) is 10.1 Å². The van der Waals surface area contributed by atoms with Crippen molar-refractivity contribution in [1.29, 1.82) is 0 Å². The van der Waals surface area contributed by atoms with Crippen LogP contribution in [0, 0.1) is 5.82 Å². The first-order chi connectivity index (χ1) is 9.56. The molecule has 0 saturated carbocycles. The van der Waals surface area contributed by atoms with Crippen LogP contribution in [0.15, 0.2) is 40.9 Å². The molecular formula is C15H12BrFN2O. The molecule has 3 nitrogen and oxygen atoms in total. The van der Waals surface area contributed by atoms with Crippen LogP contribution < -0.4 is 5.73 Å². The maximum Gasteiger partial charge on any atom is 0.255 e. The summed E-state index contributed by atoms with van der Waals surface area (Å²) in [6.45, 7) is 1.14. The van der Waals surface area contributed by atoms with Crippen molar-refractivity contribution in [3.8, 4) is 0 Å². The topological polar surface area (TPSA) is 46.3 Å². The highest BCUT2D eigenvalue weighted by molar-refractivity contribution is 9.10. The van der Waals surface area contributed by atoms with Gasteiger partial charge in [0.05, 0.1) is 11.3 Å². The Bertz CT molecular complexity index is 677. The number of hydrogen-bond donors (Lipinski definition) is 1. The van der Waals surface area contributed by atoms with Crippen molar-refractivity contribution in [2.75, 3.05) is 5.73 Å². The van der Waals surface area contributed by atoms with Gasteiger partial charge in [-0.15, -0.1) is 0 Å². The number of rotatable bonds is 1. The van der Waals surface area contributed by atoms with Crippen molar-refractivity contribution in [2.45, 2.75) is 13.1 Å². The second-order valence-corrected chi connectivity index (χ2v) is 5.64. The Morgan fingerprint density at radius 3 is 2.40 bits per heavy atom. The number of carbonyl (C=O) groups is 1. The van der Waals surface area contributed by atoms with Gasteiger partial charge < -0.3 is 10.6 Å². The van der Waals surface area contributed by atoms with Gasteiger partial charge in [-0.25, -0.2) is 4.39 Å². The van der Waals surface area contributed by atoms with Crippen LogP contribution in [-0.2, 0) is 13.1 Å². The summed E-state index contributed by atoms with van der Waals surface area (Å²) in [5, 5.41) is 0. The summed E-state index contributed by atoms with van der Waals surface area (Å²) < 4.78 is 13.8. The minimum Gasteiger partial charge on any atom is -0.396 e. The summed E-state index contributed by atoms with van der Waals surface area (Å²) in [6, 6.07) is 10.5. The lowest BCUT2D eigenvalue weighted by Gasteiger charge is -2.17. The van der Waals surface area contributed by atoms with E-state index in [1.807, 2.05) is 24.3 Å². The zero-order valence-electron chi connectivity index (χ0n) is 10.6. The van der Waals surface area contributed by atoms with Crippen molar-refractivity contribution in [2.24, 2.45) is 0 Å². The van der Waals surface area contributed by atoms with Crippen molar-refractivity contribution in [3.05, 3.63) is 63.4 Å². The number of fused-ring (bicyclic) bond motifs is 1. The Hall–Kier alpha value is -1.88. The van der Waals surface area contributed by atoms with E-state index in [0.29, 0.717) is 23.1 Å². The van der Waals surface area contributed by atoms with Gasteiger partial charge in [0.1, 0.15) is 5.82 Å². The second-order valence-electron chi connectivity index (χ2n) is 4.78. The molecule has 0 aromatic heterocycles. The molecule has 2 N–H and O–H groups in total. The number of hydrogen-bond acceptors (Lipinski definition) is 2. The van der Waals surface area contributed by atoms with E-state index in [9.17, 15) is 9.18 Å². The molecule has 1 aliphatic heterocycles. The molecule has 0 atom stereocenters. The molecule has 0 saturated heterocycles. The van der Waals surface area contributed by atoms with Gasteiger partial charge >= 0.3 is 0 Å². The Labute approximate surface area is 124 Å². The molecule has 0 bridgehead atoms. The molecule has 0 radical (unpaired) electrons. The molecule has 0 aliphatic carbocycles. The molecule has 2 aromatic rings. The number of benzene rings is 2. The highest BCUT2D eigenvalue weighted by Gasteiger charge is 2.25. The van der Waals surface area contributed by atoms with E-state index in [1.165, 1.54) is 12.1 Å². The fourth-order valence-corrected chi connectivity index (χ4v) is 2.86. The van der Waals surface area contributed by atoms with Crippen LogP contribution in [0.3, 0.4) is 0 Å². The normalized spacial score (nSPS) is 13.4. The first-order valence-electron chi connectivity index (χ1n) is 6.17. The summed E-state index contributed by atoms with van der Waals surface area (Å²) in [6.07, 6.45) is 0. The third kappa shape index (κ3) is 2.18. The first-order valence-corrected chi connectivity index (χ1v) is 6.96. The minimum atomic E-state index is -0.530. The highest BCUT2D eigenvalue weighted by atomic mass is 79.9. The van der Waals surface area contributed by atoms with Gasteiger partial charge in [0.15, 0.2) is 0 Å². The molecule has 1 aliphatic rings. The summed E-state index contributed by atoms with van der Waals surface area (Å²) in [5.41, 5.74) is 8.20. The highest BCUT2D eigenvalue weighted by Crippen LogP contribution is 2.28. The summed E-state index contributed by atoms with van der Waals surface area (Å²) in [4.78, 5) is 14.2. The predicted octanol–water partition coefficient (Wildman–Crippen LogP) is 3.33. The van der Waals surface area contributed by atoms with E-state index >= 15 is 0 Å². The van der Waals surface area contributed by atoms with E-state index in [1.54, 1.807) is 4.90 Å². The van der Waals surface area contributed by atoms with E-state index in [2.05, 4.69) is 15.9 Å². The van der Waals surface area contributed by atoms with Crippen molar-refractivity contribution < 1.29 is 9.18 Å². The van der Waals surface area contributed by atoms with E-state index in [0.717, 1.165) is 11.1 Å². The zero-order valence-corrected chi connectivity index (χ0v) is 12.2. The zero-order chi connectivity index (χ0) is 14.3. The van der Waals surface area contributed by atoms with Gasteiger partial charge in [-0.05, 0) is 39.2 Å².